The van der Waals surface area contributed by atoms with Gasteiger partial charge < -0.3 is 5.73 Å². The Labute approximate surface area is 82.4 Å². The van der Waals surface area contributed by atoms with E-state index in [1.807, 2.05) is 6.92 Å². The highest BCUT2D eigenvalue weighted by molar-refractivity contribution is 5.77. The lowest BCUT2D eigenvalue weighted by Crippen LogP contribution is -2.33. The first-order valence-electron chi connectivity index (χ1n) is 4.50. The normalized spacial score (nSPS) is 10.1. The molecule has 0 saturated carbocycles. The van der Waals surface area contributed by atoms with Crippen LogP contribution in [0, 0.1) is 5.41 Å². The van der Waals surface area contributed by atoms with E-state index in [1.54, 1.807) is 0 Å². The van der Waals surface area contributed by atoms with Crippen molar-refractivity contribution in [3.63, 3.8) is 0 Å². The lowest BCUT2D eigenvalue weighted by Gasteiger charge is -2.16. The standard InChI is InChI=1S/C8H15N5O/c1-2-3-4-13(14)8(10)12-6-7(9)5-11-12/h5-6,10,14H,2-4,9H2,1H3. The molecular weight excluding hydrogens is 182 g/mol. The van der Waals surface area contributed by atoms with Crippen molar-refractivity contribution in [2.75, 3.05) is 12.3 Å². The molecule has 1 aromatic heterocycles. The number of nitrogen functional groups attached to an aromatic ring is 1. The fourth-order valence-corrected chi connectivity index (χ4v) is 0.985. The molecule has 0 aliphatic rings. The van der Waals surface area contributed by atoms with E-state index in [2.05, 4.69) is 5.10 Å². The summed E-state index contributed by atoms with van der Waals surface area (Å²) in [5, 5.41) is 21.6. The summed E-state index contributed by atoms with van der Waals surface area (Å²) in [5.41, 5.74) is 5.91. The van der Waals surface area contributed by atoms with Crippen molar-refractivity contribution in [2.45, 2.75) is 19.8 Å². The van der Waals surface area contributed by atoms with Gasteiger partial charge in [-0.25, -0.2) is 9.75 Å². The van der Waals surface area contributed by atoms with Crippen LogP contribution in [-0.4, -0.2) is 32.6 Å². The first kappa shape index (κ1) is 10.5. The molecule has 1 heterocycles. The fourth-order valence-electron chi connectivity index (χ4n) is 0.985. The third-order valence-electron chi connectivity index (χ3n) is 1.79. The third kappa shape index (κ3) is 2.46. The van der Waals surface area contributed by atoms with Crippen LogP contribution in [0.1, 0.15) is 19.8 Å². The van der Waals surface area contributed by atoms with E-state index in [0.29, 0.717) is 12.2 Å². The molecule has 14 heavy (non-hydrogen) atoms. The van der Waals surface area contributed by atoms with Gasteiger partial charge in [-0.3, -0.25) is 10.6 Å². The van der Waals surface area contributed by atoms with Crippen molar-refractivity contribution in [1.82, 2.24) is 14.8 Å². The zero-order chi connectivity index (χ0) is 10.6. The highest BCUT2D eigenvalue weighted by atomic mass is 16.5. The molecule has 1 rings (SSSR count). The number of aromatic nitrogens is 2. The van der Waals surface area contributed by atoms with Crippen LogP contribution in [0.2, 0.25) is 0 Å². The number of nitrogens with two attached hydrogens (primary N) is 1. The average molecular weight is 197 g/mol. The van der Waals surface area contributed by atoms with Crippen molar-refractivity contribution in [3.05, 3.63) is 12.4 Å². The van der Waals surface area contributed by atoms with E-state index in [0.717, 1.165) is 17.9 Å². The van der Waals surface area contributed by atoms with Crippen LogP contribution in [0.15, 0.2) is 12.4 Å². The largest absolute Gasteiger partial charge is 0.396 e. The molecule has 0 atom stereocenters. The number of hydrogen-bond donors (Lipinski definition) is 3. The number of unbranched alkanes of at least 4 members (excludes halogenated alkanes) is 1. The summed E-state index contributed by atoms with van der Waals surface area (Å²) in [6, 6.07) is 0. The molecule has 0 amide bonds. The molecule has 0 aliphatic heterocycles. The predicted molar refractivity (Wildman–Crippen MR) is 53.2 cm³/mol. The van der Waals surface area contributed by atoms with Crippen molar-refractivity contribution < 1.29 is 5.21 Å². The molecule has 0 aliphatic carbocycles. The van der Waals surface area contributed by atoms with E-state index in [9.17, 15) is 5.21 Å². The minimum Gasteiger partial charge on any atom is -0.396 e. The lowest BCUT2D eigenvalue weighted by atomic mass is 10.3. The molecule has 6 nitrogen and oxygen atoms in total. The van der Waals surface area contributed by atoms with Crippen LogP contribution in [0.4, 0.5) is 5.69 Å². The van der Waals surface area contributed by atoms with Crippen LogP contribution in [0.25, 0.3) is 0 Å². The van der Waals surface area contributed by atoms with Gasteiger partial charge in [0, 0.05) is 6.54 Å². The Hall–Kier alpha value is -1.56. The van der Waals surface area contributed by atoms with Gasteiger partial charge in [0.05, 0.1) is 18.1 Å². The topological polar surface area (TPSA) is 91.2 Å². The minimum atomic E-state index is -0.0878. The summed E-state index contributed by atoms with van der Waals surface area (Å²) in [4.78, 5) is 0. The van der Waals surface area contributed by atoms with Gasteiger partial charge in [-0.05, 0) is 6.42 Å². The number of nitrogens with one attached hydrogen (secondary N) is 1. The second-order valence-electron chi connectivity index (χ2n) is 3.02. The van der Waals surface area contributed by atoms with Gasteiger partial charge >= 0.3 is 0 Å². The molecule has 0 unspecified atom stereocenters. The molecule has 6 heteroatoms. The molecule has 0 fully saturated rings. The highest BCUT2D eigenvalue weighted by Gasteiger charge is 2.08. The Morgan fingerprint density at radius 1 is 1.79 bits per heavy atom. The van der Waals surface area contributed by atoms with E-state index >= 15 is 0 Å². The smallest absolute Gasteiger partial charge is 0.243 e. The van der Waals surface area contributed by atoms with Crippen molar-refractivity contribution in [2.24, 2.45) is 0 Å². The SMILES string of the molecule is CCCCN(O)C(=N)n1cc(N)cn1. The van der Waals surface area contributed by atoms with Gasteiger partial charge in [0.2, 0.25) is 5.96 Å². The van der Waals surface area contributed by atoms with Gasteiger partial charge in [-0.1, -0.05) is 13.3 Å². The van der Waals surface area contributed by atoms with Gasteiger partial charge in [0.15, 0.2) is 0 Å². The molecule has 0 saturated heterocycles. The summed E-state index contributed by atoms with van der Waals surface area (Å²) >= 11 is 0. The summed E-state index contributed by atoms with van der Waals surface area (Å²) in [6.07, 6.45) is 4.71. The van der Waals surface area contributed by atoms with Crippen molar-refractivity contribution in [3.8, 4) is 0 Å². The molecule has 1 aromatic rings. The molecular formula is C8H15N5O. The van der Waals surface area contributed by atoms with E-state index in [4.69, 9.17) is 11.1 Å². The molecule has 78 valence electrons. The Morgan fingerprint density at radius 2 is 2.50 bits per heavy atom. The number of rotatable bonds is 3. The zero-order valence-electron chi connectivity index (χ0n) is 8.14. The summed E-state index contributed by atoms with van der Waals surface area (Å²) in [5.74, 6) is -0.0878. The number of hydroxylamine groups is 2. The second-order valence-corrected chi connectivity index (χ2v) is 3.02. The Kier molecular flexibility index (Phi) is 3.47. The second kappa shape index (κ2) is 4.61. The van der Waals surface area contributed by atoms with Crippen LogP contribution in [0.3, 0.4) is 0 Å². The van der Waals surface area contributed by atoms with Gasteiger partial charge in [0.25, 0.3) is 0 Å². The fraction of sp³-hybridized carbons (Fsp3) is 0.500. The Bertz CT molecular complexity index is 308. The van der Waals surface area contributed by atoms with Crippen LogP contribution < -0.4 is 5.73 Å². The molecule has 0 bridgehead atoms. The predicted octanol–water partition coefficient (Wildman–Crippen LogP) is 0.739. The quantitative estimate of drug-likeness (QED) is 0.378. The third-order valence-corrected chi connectivity index (χ3v) is 1.79. The van der Waals surface area contributed by atoms with E-state index in [1.165, 1.54) is 17.1 Å². The molecule has 0 aromatic carbocycles. The molecule has 4 N–H and O–H groups in total. The number of anilines is 1. The van der Waals surface area contributed by atoms with Crippen LogP contribution >= 0.6 is 0 Å². The first-order valence-corrected chi connectivity index (χ1v) is 4.50. The monoisotopic (exact) mass is 197 g/mol. The summed E-state index contributed by atoms with van der Waals surface area (Å²) < 4.78 is 1.23. The molecule has 0 radical (unpaired) electrons. The number of nitrogens with zero attached hydrogens (tertiary/aromatic N) is 3. The number of hydrogen-bond acceptors (Lipinski definition) is 4. The van der Waals surface area contributed by atoms with Crippen LogP contribution in [0.5, 0.6) is 0 Å². The van der Waals surface area contributed by atoms with E-state index in [-0.39, 0.29) is 5.96 Å². The minimum absolute atomic E-state index is 0.0878. The van der Waals surface area contributed by atoms with Gasteiger partial charge in [-0.15, -0.1) is 0 Å². The molecule has 0 spiro atoms. The van der Waals surface area contributed by atoms with E-state index < -0.39 is 0 Å². The maximum Gasteiger partial charge on any atom is 0.243 e. The first-order chi connectivity index (χ1) is 6.65. The Balaban J connectivity index is 2.56. The maximum atomic E-state index is 9.42. The van der Waals surface area contributed by atoms with Crippen LogP contribution in [-0.2, 0) is 0 Å². The summed E-state index contributed by atoms with van der Waals surface area (Å²) in [6.45, 7) is 2.44. The van der Waals surface area contributed by atoms with Crippen molar-refractivity contribution in [1.29, 1.82) is 5.41 Å². The lowest BCUT2D eigenvalue weighted by molar-refractivity contribution is -0.0210. The maximum absolute atomic E-state index is 9.42. The zero-order valence-corrected chi connectivity index (χ0v) is 8.14. The summed E-state index contributed by atoms with van der Waals surface area (Å²) in [7, 11) is 0. The average Bonchev–Trinajstić information content (AvgIpc) is 2.60. The van der Waals surface area contributed by atoms with Crippen molar-refractivity contribution >= 4 is 11.6 Å². The highest BCUT2D eigenvalue weighted by Crippen LogP contribution is 2.00. The van der Waals surface area contributed by atoms with Gasteiger partial charge in [-0.2, -0.15) is 5.10 Å². The van der Waals surface area contributed by atoms with Gasteiger partial charge in [0.1, 0.15) is 0 Å². The Morgan fingerprint density at radius 3 is 3.00 bits per heavy atom.